The monoisotopic (exact) mass is 744 g/mol. The Bertz CT molecular complexity index is 276. The van der Waals surface area contributed by atoms with E-state index in [2.05, 4.69) is 0 Å². The van der Waals surface area contributed by atoms with Crippen molar-refractivity contribution in [2.24, 2.45) is 0 Å². The third kappa shape index (κ3) is 902000. The second kappa shape index (κ2) is 82.0. The van der Waals surface area contributed by atoms with Gasteiger partial charge in [-0.15, -0.1) is 0 Å². The zero-order valence-corrected chi connectivity index (χ0v) is 21.6. The van der Waals surface area contributed by atoms with Crippen LogP contribution in [0, 0.1) is 0 Å². The Hall–Kier alpha value is 0.339. The molecule has 0 bridgehead atoms. The van der Waals surface area contributed by atoms with Crippen molar-refractivity contribution in [2.75, 3.05) is 0 Å². The van der Waals surface area contributed by atoms with Gasteiger partial charge in [0, 0.05) is 0 Å². The third-order valence-corrected chi connectivity index (χ3v) is 0. The standard InChI is InChI=1S/12BO3.Na.H/c12*2-1(3)4;;/q12*-3;;/p+12. The smallest absolute Gasteiger partial charge is 0.278 e. The second-order valence-electron chi connectivity index (χ2n) is 3.46. The minimum absolute atomic E-state index is 0. The van der Waals surface area contributed by atoms with Crippen LogP contribution < -0.4 is 181 Å². The van der Waals surface area contributed by atoms with Gasteiger partial charge in [-0.25, -0.2) is 0 Å². The number of rotatable bonds is 0. The average Bonchev–Trinajstić information content (AvgIpc) is 2.61. The van der Waals surface area contributed by atoms with E-state index < -0.39 is 87.9 Å². The molecule has 0 saturated carbocycles. The molecule has 0 unspecified atom stereocenters. The number of hydrogen-bond acceptors (Lipinski definition) is 36. The molecule has 0 rings (SSSR count). The summed E-state index contributed by atoms with van der Waals surface area (Å²) in [7, 11) is -35.0. The topological polar surface area (TPSA) is 830 Å². The molecule has 0 atom stereocenters. The molecule has 0 spiro atoms. The molecular formula is H13B12NaO36-24. The van der Waals surface area contributed by atoms with Crippen molar-refractivity contribution >= 4 is 117 Å². The van der Waals surface area contributed by atoms with E-state index in [1.165, 1.54) is 0 Å². The van der Waals surface area contributed by atoms with Gasteiger partial charge in [-0.3, -0.25) is 87.9 Å². The molecule has 0 N–H and O–H groups in total. The van der Waals surface area contributed by atoms with E-state index in [0.29, 0.717) is 0 Å². The van der Waals surface area contributed by atoms with E-state index in [9.17, 15) is 0 Å². The molecule has 0 fully saturated rings. The predicted octanol–water partition coefficient (Wildman–Crippen LogP) is -46.7. The fourth-order valence-corrected chi connectivity index (χ4v) is 0. The predicted molar refractivity (Wildman–Crippen MR) is 89.5 cm³/mol. The van der Waals surface area contributed by atoms with Crippen LogP contribution in [0.2, 0.25) is 0 Å². The first-order valence-corrected chi connectivity index (χ1v) is 8.49. The van der Waals surface area contributed by atoms with Gasteiger partial charge < -0.3 is 181 Å². The fourth-order valence-electron chi connectivity index (χ4n) is 0. The van der Waals surface area contributed by atoms with Crippen molar-refractivity contribution in [1.82, 2.24) is 0 Å². The van der Waals surface area contributed by atoms with Crippen LogP contribution >= 0.6 is 0 Å². The van der Waals surface area contributed by atoms with E-state index in [-0.39, 0.29) is 46.7 Å². The molecular weight excluding hydrogens is 729 g/mol. The summed E-state index contributed by atoms with van der Waals surface area (Å²) >= 11 is 0. The van der Waals surface area contributed by atoms with Crippen LogP contribution in [0.1, 0.15) is 17.1 Å². The minimum atomic E-state index is -2.92. The summed E-state index contributed by atoms with van der Waals surface area (Å²) in [5, 5.41) is 303. The third-order valence-electron chi connectivity index (χ3n) is 0. The molecule has 290 valence electrons. The minimum Gasteiger partial charge on any atom is -0.907 e. The average molecular weight is 742 g/mol. The normalized spacial score (nSPS) is 6.61. The molecule has 0 aliphatic heterocycles. The van der Waals surface area contributed by atoms with Crippen LogP contribution in [-0.2, 0) is 0 Å². The Morgan fingerprint density at radius 2 is 0.122 bits per heavy atom. The van der Waals surface area contributed by atoms with Crippen LogP contribution in [0.25, 0.3) is 0 Å². The van der Waals surface area contributed by atoms with Gasteiger partial charge in [0.25, 0.3) is 0 Å². The molecule has 0 aromatic carbocycles. The van der Waals surface area contributed by atoms with E-state index in [0.717, 1.165) is 0 Å². The van der Waals surface area contributed by atoms with Gasteiger partial charge in [0.2, 0.25) is 0 Å². The maximum atomic E-state index is 8.42. The maximum Gasteiger partial charge on any atom is -0.278 e. The molecule has 0 radical (unpaired) electrons. The second-order valence-corrected chi connectivity index (χ2v) is 3.46. The van der Waals surface area contributed by atoms with Crippen molar-refractivity contribution < 1.29 is 198 Å². The molecule has 36 nitrogen and oxygen atoms in total. The Balaban J connectivity index is -0.00000000989. The van der Waals surface area contributed by atoms with Gasteiger partial charge in [-0.2, -0.15) is 0 Å². The summed E-state index contributed by atoms with van der Waals surface area (Å²) in [5.74, 6) is 0. The first kappa shape index (κ1) is 87.3. The Morgan fingerprint density at radius 1 is 0.122 bits per heavy atom. The van der Waals surface area contributed by atoms with Gasteiger partial charge in [-0.05, 0) is 0 Å². The Kier molecular flexibility index (Phi) is 146. The van der Waals surface area contributed by atoms with Crippen molar-refractivity contribution in [3.05, 3.63) is 0 Å². The van der Waals surface area contributed by atoms with Crippen molar-refractivity contribution in [3.8, 4) is 0 Å². The fraction of sp³-hybridized carbons (Fsp3) is 0. The van der Waals surface area contributed by atoms with Crippen molar-refractivity contribution in [2.45, 2.75) is 0 Å². The summed E-state index contributed by atoms with van der Waals surface area (Å²) in [4.78, 5) is 0. The largest absolute Gasteiger partial charge is 0.907 e. The van der Waals surface area contributed by atoms with Crippen LogP contribution in [0.5, 0.6) is 0 Å². The summed E-state index contributed by atoms with van der Waals surface area (Å²) in [6.45, 7) is 0. The first-order valence-electron chi connectivity index (χ1n) is 8.49. The van der Waals surface area contributed by atoms with E-state index in [1.807, 2.05) is 0 Å². The summed E-state index contributed by atoms with van der Waals surface area (Å²) in [6.07, 6.45) is 0. The zero-order chi connectivity index (χ0) is 42.9. The Morgan fingerprint density at radius 3 is 0.122 bits per heavy atom. The van der Waals surface area contributed by atoms with Crippen LogP contribution in [0.15, 0.2) is 0 Å². The molecule has 0 aliphatic carbocycles. The van der Waals surface area contributed by atoms with Gasteiger partial charge in [-0.1, -0.05) is 0 Å². The molecule has 0 heterocycles. The van der Waals surface area contributed by atoms with E-state index in [4.69, 9.17) is 181 Å². The van der Waals surface area contributed by atoms with Crippen molar-refractivity contribution in [1.29, 1.82) is 0 Å². The maximum absolute atomic E-state index is 8.42. The van der Waals surface area contributed by atoms with Crippen LogP contribution in [-0.4, -0.2) is 117 Å². The summed E-state index contributed by atoms with van der Waals surface area (Å²) < 4.78 is 0. The molecule has 0 aromatic heterocycles. The van der Waals surface area contributed by atoms with Gasteiger partial charge >= 0.3 is 46.7 Å². The van der Waals surface area contributed by atoms with E-state index in [1.54, 1.807) is 0 Å². The SMILES string of the molecule is [H+].[H+].[H+].[H+].[H+].[H+].[H+].[H+].[H+].[H+].[H+].[H+].[NaH].[O-]B([O-])[O-].[O-]B([O-])[O-].[O-]B([O-])[O-].[O-]B([O-])[O-].[O-]B([O-])[O-].[O-]B([O-])[O-].[O-]B([O-])[O-].[O-]B([O-])[O-].[O-]B([O-])[O-].[O-]B([O-])[O-].[O-]B([O-])[O-].[O-]B([O-])[O-]. The molecule has 49 heavy (non-hydrogen) atoms. The summed E-state index contributed by atoms with van der Waals surface area (Å²) in [5.41, 5.74) is 0. The van der Waals surface area contributed by atoms with E-state index >= 15 is 0 Å². The Labute approximate surface area is 315 Å². The molecule has 0 amide bonds. The van der Waals surface area contributed by atoms with Gasteiger partial charge in [0.05, 0.1) is 0 Å². The zero-order valence-electron chi connectivity index (χ0n) is 33.6. The van der Waals surface area contributed by atoms with Gasteiger partial charge in [0.15, 0.2) is 0 Å². The molecule has 0 aromatic rings. The molecule has 49 heteroatoms. The van der Waals surface area contributed by atoms with Crippen molar-refractivity contribution in [3.63, 3.8) is 0 Å². The molecule has 0 aliphatic rings. The van der Waals surface area contributed by atoms with Crippen LogP contribution in [0.4, 0.5) is 0 Å². The quantitative estimate of drug-likeness (QED) is 0.208. The summed E-state index contributed by atoms with van der Waals surface area (Å²) in [6, 6.07) is 0. The van der Waals surface area contributed by atoms with Gasteiger partial charge in [0.1, 0.15) is 0 Å². The van der Waals surface area contributed by atoms with Crippen LogP contribution in [0.3, 0.4) is 0 Å². The number of hydrogen-bond donors (Lipinski definition) is 0. The molecule has 0 saturated heterocycles. The first-order chi connectivity index (χ1) is 20.8.